The van der Waals surface area contributed by atoms with E-state index in [0.717, 1.165) is 22.8 Å². The molecule has 1 heterocycles. The van der Waals surface area contributed by atoms with Crippen molar-refractivity contribution < 1.29 is 13.2 Å². The number of para-hydroxylation sites is 1. The lowest BCUT2D eigenvalue weighted by molar-refractivity contribution is 0.415. The van der Waals surface area contributed by atoms with Gasteiger partial charge in [0.15, 0.2) is 9.84 Å². The summed E-state index contributed by atoms with van der Waals surface area (Å²) < 4.78 is 28.8. The second-order valence-electron chi connectivity index (χ2n) is 5.02. The van der Waals surface area contributed by atoms with E-state index in [2.05, 4.69) is 9.97 Å². The smallest absolute Gasteiger partial charge is 0.222 e. The first-order chi connectivity index (χ1) is 10.9. The fourth-order valence-corrected chi connectivity index (χ4v) is 3.15. The minimum absolute atomic E-state index is 0.150. The third kappa shape index (κ3) is 3.00. The number of benzene rings is 2. The number of hydrogen-bond acceptors (Lipinski definition) is 5. The van der Waals surface area contributed by atoms with Crippen LogP contribution in [0.1, 0.15) is 0 Å². The summed E-state index contributed by atoms with van der Waals surface area (Å²) in [5.74, 6) is 0.454. The molecule has 0 saturated heterocycles. The van der Waals surface area contributed by atoms with Gasteiger partial charge in [0.05, 0.1) is 17.5 Å². The topological polar surface area (TPSA) is 69.2 Å². The molecule has 0 unspecified atom stereocenters. The molecule has 0 aliphatic rings. The number of halogens is 1. The highest BCUT2D eigenvalue weighted by atomic mass is 35.5. The third-order valence-electron chi connectivity index (χ3n) is 3.47. The predicted molar refractivity (Wildman–Crippen MR) is 89.6 cm³/mol. The molecule has 2 aromatic carbocycles. The number of sulfone groups is 1. The van der Waals surface area contributed by atoms with E-state index in [1.54, 1.807) is 18.3 Å². The quantitative estimate of drug-likeness (QED) is 0.679. The molecule has 0 N–H and O–H groups in total. The largest absolute Gasteiger partial charge is 0.496 e. The van der Waals surface area contributed by atoms with Gasteiger partial charge in [-0.25, -0.2) is 18.4 Å². The molecule has 0 aliphatic carbocycles. The van der Waals surface area contributed by atoms with Crippen LogP contribution in [-0.4, -0.2) is 31.8 Å². The van der Waals surface area contributed by atoms with Gasteiger partial charge in [0.25, 0.3) is 0 Å². The van der Waals surface area contributed by atoms with Crippen molar-refractivity contribution in [2.24, 2.45) is 0 Å². The molecule has 3 aromatic rings. The molecule has 0 spiro atoms. The zero-order chi connectivity index (χ0) is 16.6. The van der Waals surface area contributed by atoms with Gasteiger partial charge in [0, 0.05) is 29.0 Å². The van der Waals surface area contributed by atoms with Gasteiger partial charge in [0.2, 0.25) is 5.28 Å². The monoisotopic (exact) mass is 348 g/mol. The standard InChI is InChI=1S/C16H13ClN2O3S/c1-22-14-8-11(23(2,20)21)6-7-12(14)13-5-3-4-10-9-18-16(17)19-15(10)13/h3-9H,1-2H3. The number of aromatic nitrogens is 2. The number of nitrogens with zero attached hydrogens (tertiary/aromatic N) is 2. The maximum absolute atomic E-state index is 11.7. The van der Waals surface area contributed by atoms with E-state index in [1.165, 1.54) is 13.2 Å². The van der Waals surface area contributed by atoms with Crippen molar-refractivity contribution in [3.8, 4) is 16.9 Å². The highest BCUT2D eigenvalue weighted by Gasteiger charge is 2.15. The van der Waals surface area contributed by atoms with Crippen molar-refractivity contribution in [2.45, 2.75) is 4.90 Å². The van der Waals surface area contributed by atoms with Crippen molar-refractivity contribution >= 4 is 32.3 Å². The minimum Gasteiger partial charge on any atom is -0.496 e. The lowest BCUT2D eigenvalue weighted by atomic mass is 10.0. The third-order valence-corrected chi connectivity index (χ3v) is 4.77. The van der Waals surface area contributed by atoms with Crippen LogP contribution in [-0.2, 0) is 9.84 Å². The summed E-state index contributed by atoms with van der Waals surface area (Å²) in [7, 11) is -1.81. The Bertz CT molecular complexity index is 1000. The summed E-state index contributed by atoms with van der Waals surface area (Å²) in [5, 5.41) is 0.984. The van der Waals surface area contributed by atoms with E-state index in [1.807, 2.05) is 18.2 Å². The minimum atomic E-state index is -3.31. The SMILES string of the molecule is COc1cc(S(C)(=O)=O)ccc1-c1cccc2cnc(Cl)nc12. The second-order valence-corrected chi connectivity index (χ2v) is 7.37. The molecule has 0 saturated carbocycles. The van der Waals surface area contributed by atoms with Crippen LogP contribution < -0.4 is 4.74 Å². The molecule has 1 aromatic heterocycles. The molecule has 0 atom stereocenters. The van der Waals surface area contributed by atoms with Crippen LogP contribution in [0, 0.1) is 0 Å². The Morgan fingerprint density at radius 1 is 1.13 bits per heavy atom. The van der Waals surface area contributed by atoms with E-state index in [-0.39, 0.29) is 10.2 Å². The van der Waals surface area contributed by atoms with Crippen molar-refractivity contribution in [3.63, 3.8) is 0 Å². The van der Waals surface area contributed by atoms with Gasteiger partial charge >= 0.3 is 0 Å². The van der Waals surface area contributed by atoms with Crippen LogP contribution >= 0.6 is 11.6 Å². The predicted octanol–water partition coefficient (Wildman–Crippen LogP) is 3.36. The van der Waals surface area contributed by atoms with E-state index >= 15 is 0 Å². The van der Waals surface area contributed by atoms with Crippen LogP contribution in [0.25, 0.3) is 22.0 Å². The maximum atomic E-state index is 11.7. The summed E-state index contributed by atoms with van der Waals surface area (Å²) in [4.78, 5) is 8.45. The van der Waals surface area contributed by atoms with Crippen molar-refractivity contribution in [1.82, 2.24) is 9.97 Å². The van der Waals surface area contributed by atoms with Crippen molar-refractivity contribution in [2.75, 3.05) is 13.4 Å². The van der Waals surface area contributed by atoms with Gasteiger partial charge in [-0.3, -0.25) is 0 Å². The second kappa shape index (κ2) is 5.79. The Morgan fingerprint density at radius 2 is 1.91 bits per heavy atom. The molecular formula is C16H13ClN2O3S. The van der Waals surface area contributed by atoms with Gasteiger partial charge in [-0.15, -0.1) is 0 Å². The highest BCUT2D eigenvalue weighted by molar-refractivity contribution is 7.90. The number of rotatable bonds is 3. The normalized spacial score (nSPS) is 11.6. The highest BCUT2D eigenvalue weighted by Crippen LogP contribution is 2.35. The zero-order valence-corrected chi connectivity index (χ0v) is 14.0. The zero-order valence-electron chi connectivity index (χ0n) is 12.4. The molecular weight excluding hydrogens is 336 g/mol. The van der Waals surface area contributed by atoms with Crippen LogP contribution in [0.3, 0.4) is 0 Å². The lowest BCUT2D eigenvalue weighted by Gasteiger charge is -2.12. The Morgan fingerprint density at radius 3 is 2.61 bits per heavy atom. The van der Waals surface area contributed by atoms with Crippen LogP contribution in [0.2, 0.25) is 5.28 Å². The molecule has 7 heteroatoms. The number of methoxy groups -OCH3 is 1. The number of fused-ring (bicyclic) bond motifs is 1. The fraction of sp³-hybridized carbons (Fsp3) is 0.125. The van der Waals surface area contributed by atoms with Crippen LogP contribution in [0.15, 0.2) is 47.5 Å². The summed E-state index contributed by atoms with van der Waals surface area (Å²) >= 11 is 5.90. The van der Waals surface area contributed by atoms with Gasteiger partial charge in [-0.2, -0.15) is 0 Å². The van der Waals surface area contributed by atoms with E-state index in [4.69, 9.17) is 16.3 Å². The summed E-state index contributed by atoms with van der Waals surface area (Å²) in [5.41, 5.74) is 2.21. The summed E-state index contributed by atoms with van der Waals surface area (Å²) in [6, 6.07) is 10.4. The van der Waals surface area contributed by atoms with Gasteiger partial charge in [0.1, 0.15) is 5.75 Å². The Hall–Kier alpha value is -2.18. The number of hydrogen-bond donors (Lipinski definition) is 0. The van der Waals surface area contributed by atoms with Crippen LogP contribution in [0.4, 0.5) is 0 Å². The Kier molecular flexibility index (Phi) is 3.95. The van der Waals surface area contributed by atoms with Crippen molar-refractivity contribution in [1.29, 1.82) is 0 Å². The summed E-state index contributed by atoms with van der Waals surface area (Å²) in [6.45, 7) is 0. The van der Waals surface area contributed by atoms with Gasteiger partial charge in [-0.05, 0) is 29.8 Å². The van der Waals surface area contributed by atoms with Crippen LogP contribution in [0.5, 0.6) is 5.75 Å². The molecule has 118 valence electrons. The molecule has 0 radical (unpaired) electrons. The maximum Gasteiger partial charge on any atom is 0.222 e. The Balaban J connectivity index is 2.29. The lowest BCUT2D eigenvalue weighted by Crippen LogP contribution is -1.99. The average Bonchev–Trinajstić information content (AvgIpc) is 2.52. The van der Waals surface area contributed by atoms with E-state index in [9.17, 15) is 8.42 Å². The fourth-order valence-electron chi connectivity index (χ4n) is 2.38. The average molecular weight is 349 g/mol. The molecule has 3 rings (SSSR count). The first kappa shape index (κ1) is 15.7. The first-order valence-electron chi connectivity index (χ1n) is 6.70. The Labute approximate surface area is 138 Å². The first-order valence-corrected chi connectivity index (χ1v) is 8.97. The van der Waals surface area contributed by atoms with Crippen molar-refractivity contribution in [3.05, 3.63) is 47.9 Å². The molecule has 0 bridgehead atoms. The van der Waals surface area contributed by atoms with Gasteiger partial charge in [-0.1, -0.05) is 18.2 Å². The molecule has 0 aliphatic heterocycles. The summed E-state index contributed by atoms with van der Waals surface area (Å²) in [6.07, 6.45) is 2.80. The molecule has 0 amide bonds. The molecule has 23 heavy (non-hydrogen) atoms. The molecule has 0 fully saturated rings. The van der Waals surface area contributed by atoms with Gasteiger partial charge < -0.3 is 4.74 Å². The molecule has 5 nitrogen and oxygen atoms in total. The number of ether oxygens (including phenoxy) is 1. The van der Waals surface area contributed by atoms with E-state index < -0.39 is 9.84 Å². The van der Waals surface area contributed by atoms with E-state index in [0.29, 0.717) is 11.3 Å².